The fourth-order valence-corrected chi connectivity index (χ4v) is 5.49. The van der Waals surface area contributed by atoms with Crippen LogP contribution in [0.3, 0.4) is 0 Å². The van der Waals surface area contributed by atoms with Gasteiger partial charge in [-0.3, -0.25) is 4.90 Å². The summed E-state index contributed by atoms with van der Waals surface area (Å²) in [6.07, 6.45) is 1.32. The topological polar surface area (TPSA) is 83.0 Å². The molecule has 2 aromatic rings. The lowest BCUT2D eigenvalue weighted by Crippen LogP contribution is -2.43. The molecule has 148 valence electrons. The first kappa shape index (κ1) is 20.3. The summed E-state index contributed by atoms with van der Waals surface area (Å²) in [6.45, 7) is 3.44. The number of thiazole rings is 1. The predicted molar refractivity (Wildman–Crippen MR) is 101 cm³/mol. The van der Waals surface area contributed by atoms with Crippen molar-refractivity contribution in [3.05, 3.63) is 36.3 Å². The van der Waals surface area contributed by atoms with Gasteiger partial charge >= 0.3 is 0 Å². The van der Waals surface area contributed by atoms with E-state index in [4.69, 9.17) is 4.74 Å². The van der Waals surface area contributed by atoms with Crippen molar-refractivity contribution in [1.29, 1.82) is 0 Å². The van der Waals surface area contributed by atoms with Crippen molar-refractivity contribution < 1.29 is 22.7 Å². The molecule has 1 fully saturated rings. The second-order valence-corrected chi connectivity index (χ2v) is 9.27. The average molecular weight is 416 g/mol. The average Bonchev–Trinajstić information content (AvgIpc) is 3.17. The van der Waals surface area contributed by atoms with Crippen molar-refractivity contribution >= 4 is 21.4 Å². The molecule has 1 aliphatic heterocycles. The lowest BCUT2D eigenvalue weighted by molar-refractivity contribution is 0.0359. The second-order valence-electron chi connectivity index (χ2n) is 6.07. The van der Waals surface area contributed by atoms with Crippen molar-refractivity contribution in [2.75, 3.05) is 52.5 Å². The maximum absolute atomic E-state index is 13.1. The smallest absolute Gasteiger partial charge is 0.254 e. The van der Waals surface area contributed by atoms with Crippen molar-refractivity contribution in [3.63, 3.8) is 0 Å². The third kappa shape index (κ3) is 5.09. The molecule has 0 spiro atoms. The quantitative estimate of drug-likeness (QED) is 0.699. The first-order valence-electron chi connectivity index (χ1n) is 8.63. The molecule has 0 atom stereocenters. The molecule has 0 aliphatic carbocycles. The molecule has 0 saturated carbocycles. The Balaban J connectivity index is 1.74. The zero-order chi connectivity index (χ0) is 19.3. The van der Waals surface area contributed by atoms with Crippen LogP contribution in [-0.4, -0.2) is 80.3 Å². The molecule has 3 rings (SSSR count). The number of nitrogens with zero attached hydrogens (tertiary/aromatic N) is 3. The van der Waals surface area contributed by atoms with Crippen LogP contribution in [-0.2, 0) is 14.8 Å². The Morgan fingerprint density at radius 2 is 1.93 bits per heavy atom. The molecule has 0 radical (unpaired) electrons. The Labute approximate surface area is 162 Å². The Hall–Kier alpha value is -1.43. The third-order valence-corrected chi connectivity index (χ3v) is 7.67. The summed E-state index contributed by atoms with van der Waals surface area (Å²) < 4.78 is 45.7. The molecule has 0 amide bonds. The van der Waals surface area contributed by atoms with Crippen LogP contribution in [0.25, 0.3) is 10.6 Å². The van der Waals surface area contributed by atoms with Crippen LogP contribution in [0.2, 0.25) is 0 Å². The summed E-state index contributed by atoms with van der Waals surface area (Å²) in [5.41, 5.74) is 0.657. The van der Waals surface area contributed by atoms with Crippen molar-refractivity contribution in [2.24, 2.45) is 0 Å². The van der Waals surface area contributed by atoms with Crippen LogP contribution in [0.15, 0.2) is 34.7 Å². The van der Waals surface area contributed by atoms with Crippen LogP contribution in [0.1, 0.15) is 0 Å². The fraction of sp³-hybridized carbons (Fsp3) is 0.471. The summed E-state index contributed by atoms with van der Waals surface area (Å²) in [7, 11) is -3.76. The van der Waals surface area contributed by atoms with E-state index in [1.54, 1.807) is 12.1 Å². The number of sulfonamides is 1. The summed E-state index contributed by atoms with van der Waals surface area (Å²) in [5, 5.41) is 9.81. The molecule has 1 aromatic heterocycles. The van der Waals surface area contributed by atoms with Crippen LogP contribution in [0, 0.1) is 5.82 Å². The number of halogens is 1. The van der Waals surface area contributed by atoms with Crippen molar-refractivity contribution in [1.82, 2.24) is 14.2 Å². The van der Waals surface area contributed by atoms with Gasteiger partial charge in [-0.1, -0.05) is 0 Å². The van der Waals surface area contributed by atoms with Crippen LogP contribution < -0.4 is 0 Å². The molecule has 7 nitrogen and oxygen atoms in total. The number of hydrogen-bond donors (Lipinski definition) is 1. The Morgan fingerprint density at radius 1 is 1.22 bits per heavy atom. The number of benzene rings is 1. The lowest BCUT2D eigenvalue weighted by atomic mass is 10.2. The molecular weight excluding hydrogens is 393 g/mol. The number of aromatic nitrogens is 1. The standard InChI is InChI=1S/C17H22FN3O4S2/c18-15-3-1-14(2-4-15)17-19-13-16(26-17)27(23,24)21(7-10-22)6-5-20-8-11-25-12-9-20/h1-4,13,22H,5-12H2. The highest BCUT2D eigenvalue weighted by atomic mass is 32.2. The molecular formula is C17H22FN3O4S2. The highest BCUT2D eigenvalue weighted by Crippen LogP contribution is 2.29. The molecule has 27 heavy (non-hydrogen) atoms. The number of hydrogen-bond acceptors (Lipinski definition) is 7. The number of ether oxygens (including phenoxy) is 1. The molecule has 0 bridgehead atoms. The van der Waals surface area contributed by atoms with E-state index in [-0.39, 0.29) is 29.7 Å². The Kier molecular flexibility index (Phi) is 6.90. The van der Waals surface area contributed by atoms with Gasteiger partial charge in [0.05, 0.1) is 26.0 Å². The molecule has 2 heterocycles. The van der Waals surface area contributed by atoms with Gasteiger partial charge in [0, 0.05) is 38.3 Å². The SMILES string of the molecule is O=S(=O)(c1cnc(-c2ccc(F)cc2)s1)N(CCO)CCN1CCOCC1. The summed E-state index contributed by atoms with van der Waals surface area (Å²) in [4.78, 5) is 6.31. The van der Waals surface area contributed by atoms with E-state index >= 15 is 0 Å². The first-order chi connectivity index (χ1) is 13.0. The molecule has 1 aliphatic rings. The molecule has 1 N–H and O–H groups in total. The lowest BCUT2D eigenvalue weighted by Gasteiger charge is -2.29. The van der Waals surface area contributed by atoms with Crippen molar-refractivity contribution in [2.45, 2.75) is 4.21 Å². The minimum Gasteiger partial charge on any atom is -0.395 e. The molecule has 10 heteroatoms. The molecule has 1 aromatic carbocycles. The van der Waals surface area contributed by atoms with Gasteiger partial charge in [-0.05, 0) is 24.3 Å². The van der Waals surface area contributed by atoms with E-state index in [9.17, 15) is 17.9 Å². The predicted octanol–water partition coefficient (Wildman–Crippen LogP) is 1.26. The third-order valence-electron chi connectivity index (χ3n) is 4.29. The zero-order valence-corrected chi connectivity index (χ0v) is 16.4. The number of rotatable bonds is 8. The van der Waals surface area contributed by atoms with Crippen LogP contribution in [0.4, 0.5) is 4.39 Å². The van der Waals surface area contributed by atoms with Gasteiger partial charge in [0.15, 0.2) is 4.21 Å². The van der Waals surface area contributed by atoms with Gasteiger partial charge in [0.1, 0.15) is 10.8 Å². The Bertz CT molecular complexity index is 836. The highest BCUT2D eigenvalue weighted by molar-refractivity contribution is 7.91. The van der Waals surface area contributed by atoms with Gasteiger partial charge < -0.3 is 9.84 Å². The number of morpholine rings is 1. The van der Waals surface area contributed by atoms with Gasteiger partial charge in [-0.2, -0.15) is 4.31 Å². The number of aliphatic hydroxyl groups is 1. The monoisotopic (exact) mass is 415 g/mol. The van der Waals surface area contributed by atoms with Gasteiger partial charge in [0.25, 0.3) is 10.0 Å². The Morgan fingerprint density at radius 3 is 2.59 bits per heavy atom. The first-order valence-corrected chi connectivity index (χ1v) is 10.9. The molecule has 0 unspecified atom stereocenters. The minimum absolute atomic E-state index is 0.0243. The highest BCUT2D eigenvalue weighted by Gasteiger charge is 2.27. The van der Waals surface area contributed by atoms with E-state index in [2.05, 4.69) is 9.88 Å². The summed E-state index contributed by atoms with van der Waals surface area (Å²) >= 11 is 1.04. The van der Waals surface area contributed by atoms with Crippen LogP contribution in [0.5, 0.6) is 0 Å². The summed E-state index contributed by atoms with van der Waals surface area (Å²) in [5.74, 6) is -0.361. The maximum atomic E-state index is 13.1. The number of aliphatic hydroxyl groups excluding tert-OH is 1. The van der Waals surface area contributed by atoms with Crippen molar-refractivity contribution in [3.8, 4) is 10.6 Å². The normalized spacial score (nSPS) is 16.1. The summed E-state index contributed by atoms with van der Waals surface area (Å²) in [6, 6.07) is 5.75. The van der Waals surface area contributed by atoms with E-state index < -0.39 is 10.0 Å². The second kappa shape index (κ2) is 9.18. The maximum Gasteiger partial charge on any atom is 0.254 e. The van der Waals surface area contributed by atoms with E-state index in [1.165, 1.54) is 22.6 Å². The fourth-order valence-electron chi connectivity index (χ4n) is 2.77. The van der Waals surface area contributed by atoms with Gasteiger partial charge in [-0.25, -0.2) is 17.8 Å². The van der Waals surface area contributed by atoms with Gasteiger partial charge in [0.2, 0.25) is 0 Å². The molecule has 1 saturated heterocycles. The van der Waals surface area contributed by atoms with Gasteiger partial charge in [-0.15, -0.1) is 11.3 Å². The van der Waals surface area contributed by atoms with E-state index in [0.717, 1.165) is 24.4 Å². The zero-order valence-electron chi connectivity index (χ0n) is 14.8. The van der Waals surface area contributed by atoms with E-state index in [1.807, 2.05) is 0 Å². The minimum atomic E-state index is -3.76. The van der Waals surface area contributed by atoms with Crippen LogP contribution >= 0.6 is 11.3 Å². The van der Waals surface area contributed by atoms with E-state index in [0.29, 0.717) is 30.3 Å². The largest absolute Gasteiger partial charge is 0.395 e.